The third-order valence-corrected chi connectivity index (χ3v) is 1.01. The molecule has 2 aromatic rings. The maximum absolute atomic E-state index is 4.90. The van der Waals surface area contributed by atoms with E-state index < -0.39 is 0 Å². The van der Waals surface area contributed by atoms with Gasteiger partial charge in [-0.1, -0.05) is 0 Å². The molecule has 10 heavy (non-hydrogen) atoms. The first-order chi connectivity index (χ1) is 4.97. The van der Waals surface area contributed by atoms with E-state index in [2.05, 4.69) is 19.9 Å². The van der Waals surface area contributed by atoms with Crippen LogP contribution < -0.4 is 0 Å². The van der Waals surface area contributed by atoms with Crippen LogP contribution in [0.4, 0.5) is 0 Å². The second-order valence-electron chi connectivity index (χ2n) is 1.63. The first-order valence-electron chi connectivity index (χ1n) is 2.64. The van der Waals surface area contributed by atoms with E-state index in [0.717, 1.165) is 0 Å². The number of oxazole rings is 1. The molecule has 5 nitrogen and oxygen atoms in total. The van der Waals surface area contributed by atoms with Crippen LogP contribution in [0.5, 0.6) is 0 Å². The van der Waals surface area contributed by atoms with E-state index in [1.807, 2.05) is 0 Å². The SMILES string of the molecule is c1coc(-c2conn2)n1. The highest BCUT2D eigenvalue weighted by Gasteiger charge is 2.04. The Morgan fingerprint density at radius 1 is 1.40 bits per heavy atom. The summed E-state index contributed by atoms with van der Waals surface area (Å²) >= 11 is 0. The fraction of sp³-hybridized carbons (Fsp3) is 0. The monoisotopic (exact) mass is 137 g/mol. The van der Waals surface area contributed by atoms with Crippen molar-refractivity contribution in [1.29, 1.82) is 0 Å². The summed E-state index contributed by atoms with van der Waals surface area (Å²) in [4.78, 5) is 3.83. The molecule has 0 aliphatic heterocycles. The molecule has 0 saturated carbocycles. The lowest BCUT2D eigenvalue weighted by Crippen LogP contribution is -1.74. The Balaban J connectivity index is 2.48. The molecule has 2 heterocycles. The number of hydrogen-bond donors (Lipinski definition) is 0. The molecule has 0 saturated heterocycles. The Hall–Kier alpha value is -1.65. The molecule has 2 aromatic heterocycles. The van der Waals surface area contributed by atoms with Gasteiger partial charge in [0.15, 0.2) is 12.0 Å². The molecule has 0 spiro atoms. The second kappa shape index (κ2) is 1.94. The van der Waals surface area contributed by atoms with Crippen molar-refractivity contribution >= 4 is 0 Å². The molecule has 50 valence electrons. The first-order valence-corrected chi connectivity index (χ1v) is 2.64. The molecule has 5 heteroatoms. The zero-order valence-corrected chi connectivity index (χ0v) is 4.89. The fourth-order valence-electron chi connectivity index (χ4n) is 0.608. The second-order valence-corrected chi connectivity index (χ2v) is 1.63. The van der Waals surface area contributed by atoms with Crippen molar-refractivity contribution in [2.24, 2.45) is 0 Å². The summed E-state index contributed by atoms with van der Waals surface area (Å²) in [6.45, 7) is 0. The highest BCUT2D eigenvalue weighted by atomic mass is 16.5. The van der Waals surface area contributed by atoms with Gasteiger partial charge < -0.3 is 8.94 Å². The minimum absolute atomic E-state index is 0.418. The van der Waals surface area contributed by atoms with Gasteiger partial charge in [-0.2, -0.15) is 0 Å². The zero-order valence-electron chi connectivity index (χ0n) is 4.89. The van der Waals surface area contributed by atoms with Gasteiger partial charge in [-0.05, 0) is 0 Å². The van der Waals surface area contributed by atoms with Crippen LogP contribution in [-0.2, 0) is 0 Å². The predicted molar refractivity (Wildman–Crippen MR) is 29.8 cm³/mol. The van der Waals surface area contributed by atoms with Gasteiger partial charge in [0.05, 0.1) is 6.20 Å². The Labute approximate surface area is 55.7 Å². The average molecular weight is 137 g/mol. The van der Waals surface area contributed by atoms with Gasteiger partial charge in [-0.3, -0.25) is 0 Å². The van der Waals surface area contributed by atoms with Crippen LogP contribution in [0.2, 0.25) is 0 Å². The summed E-state index contributed by atoms with van der Waals surface area (Å²) in [5.41, 5.74) is 0.505. The van der Waals surface area contributed by atoms with Crippen molar-refractivity contribution in [3.05, 3.63) is 18.7 Å². The Bertz CT molecular complexity index is 254. The van der Waals surface area contributed by atoms with Crippen molar-refractivity contribution in [2.45, 2.75) is 0 Å². The molecule has 2 rings (SSSR count). The number of aromatic nitrogens is 3. The Morgan fingerprint density at radius 2 is 2.40 bits per heavy atom. The molecule has 0 unspecified atom stereocenters. The summed E-state index contributed by atoms with van der Waals surface area (Å²) in [5, 5.41) is 6.84. The van der Waals surface area contributed by atoms with Gasteiger partial charge in [-0.25, -0.2) is 4.98 Å². The third-order valence-electron chi connectivity index (χ3n) is 1.01. The smallest absolute Gasteiger partial charge is 0.250 e. The standard InChI is InChI=1S/C5H3N3O2/c1-2-9-5(6-1)4-3-10-8-7-4/h1-3H. The summed E-state index contributed by atoms with van der Waals surface area (Å²) in [6, 6.07) is 0. The van der Waals surface area contributed by atoms with Crippen LogP contribution in [0.3, 0.4) is 0 Å². The molecule has 0 atom stereocenters. The Morgan fingerprint density at radius 3 is 3.00 bits per heavy atom. The molecule has 0 aliphatic rings. The normalized spacial score (nSPS) is 10.0. The first kappa shape index (κ1) is 5.16. The van der Waals surface area contributed by atoms with E-state index in [-0.39, 0.29) is 0 Å². The van der Waals surface area contributed by atoms with Gasteiger partial charge >= 0.3 is 0 Å². The predicted octanol–water partition coefficient (Wildman–Crippen LogP) is 0.725. The quantitative estimate of drug-likeness (QED) is 0.579. The van der Waals surface area contributed by atoms with Crippen LogP contribution in [-0.4, -0.2) is 15.4 Å². The lowest BCUT2D eigenvalue weighted by Gasteiger charge is -1.78. The number of hydrogen-bond acceptors (Lipinski definition) is 5. The molecular formula is C5H3N3O2. The van der Waals surface area contributed by atoms with Crippen molar-refractivity contribution in [1.82, 2.24) is 15.4 Å². The van der Waals surface area contributed by atoms with E-state index in [1.165, 1.54) is 18.7 Å². The molecule has 0 fully saturated rings. The van der Waals surface area contributed by atoms with Crippen molar-refractivity contribution in [3.63, 3.8) is 0 Å². The minimum atomic E-state index is 0.418. The van der Waals surface area contributed by atoms with Crippen LogP contribution >= 0.6 is 0 Å². The van der Waals surface area contributed by atoms with Crippen LogP contribution in [0, 0.1) is 0 Å². The van der Waals surface area contributed by atoms with Crippen LogP contribution in [0.1, 0.15) is 0 Å². The summed E-state index contributed by atoms with van der Waals surface area (Å²) < 4.78 is 9.38. The zero-order chi connectivity index (χ0) is 6.81. The number of rotatable bonds is 1. The fourth-order valence-corrected chi connectivity index (χ4v) is 0.608. The van der Waals surface area contributed by atoms with Gasteiger partial charge in [-0.15, -0.1) is 5.10 Å². The lowest BCUT2D eigenvalue weighted by molar-refractivity contribution is 0.393. The van der Waals surface area contributed by atoms with Crippen molar-refractivity contribution in [3.8, 4) is 11.6 Å². The summed E-state index contributed by atoms with van der Waals surface area (Å²) in [5.74, 6) is 0.418. The van der Waals surface area contributed by atoms with E-state index in [4.69, 9.17) is 4.42 Å². The molecule has 0 amide bonds. The van der Waals surface area contributed by atoms with E-state index in [9.17, 15) is 0 Å². The number of nitrogens with zero attached hydrogens (tertiary/aromatic N) is 3. The molecule has 0 bridgehead atoms. The van der Waals surface area contributed by atoms with Crippen LogP contribution in [0.25, 0.3) is 11.6 Å². The van der Waals surface area contributed by atoms with Gasteiger partial charge in [0.2, 0.25) is 5.89 Å². The molecular weight excluding hydrogens is 134 g/mol. The largest absolute Gasteiger partial charge is 0.443 e. The summed E-state index contributed by atoms with van der Waals surface area (Å²) in [7, 11) is 0. The van der Waals surface area contributed by atoms with Crippen molar-refractivity contribution < 1.29 is 8.94 Å². The molecule has 0 aliphatic carbocycles. The highest BCUT2D eigenvalue weighted by Crippen LogP contribution is 2.11. The lowest BCUT2D eigenvalue weighted by atomic mass is 10.5. The van der Waals surface area contributed by atoms with Gasteiger partial charge in [0.1, 0.15) is 6.26 Å². The van der Waals surface area contributed by atoms with Gasteiger partial charge in [0.25, 0.3) is 0 Å². The van der Waals surface area contributed by atoms with Crippen LogP contribution in [0.15, 0.2) is 27.7 Å². The maximum atomic E-state index is 4.90. The molecule has 0 aromatic carbocycles. The van der Waals surface area contributed by atoms with E-state index in [0.29, 0.717) is 11.6 Å². The molecule has 0 radical (unpaired) electrons. The van der Waals surface area contributed by atoms with E-state index in [1.54, 1.807) is 0 Å². The van der Waals surface area contributed by atoms with Crippen molar-refractivity contribution in [2.75, 3.05) is 0 Å². The third kappa shape index (κ3) is 0.680. The maximum Gasteiger partial charge on any atom is 0.250 e. The molecule has 0 N–H and O–H groups in total. The topological polar surface area (TPSA) is 65.0 Å². The highest BCUT2D eigenvalue weighted by molar-refractivity contribution is 5.41. The average Bonchev–Trinajstić information content (AvgIpc) is 2.59. The Kier molecular flexibility index (Phi) is 1.00. The minimum Gasteiger partial charge on any atom is -0.443 e. The van der Waals surface area contributed by atoms with E-state index >= 15 is 0 Å². The van der Waals surface area contributed by atoms with Gasteiger partial charge in [0, 0.05) is 5.27 Å². The summed E-state index contributed by atoms with van der Waals surface area (Å²) in [6.07, 6.45) is 4.36.